The number of nitrogens with zero attached hydrogens (tertiary/aromatic N) is 5. The second-order valence-electron chi connectivity index (χ2n) is 6.01. The summed E-state index contributed by atoms with van der Waals surface area (Å²) < 4.78 is 6.81. The first-order chi connectivity index (χ1) is 12.3. The van der Waals surface area contributed by atoms with Gasteiger partial charge < -0.3 is 9.64 Å². The summed E-state index contributed by atoms with van der Waals surface area (Å²) in [6, 6.07) is 7.49. The van der Waals surface area contributed by atoms with Gasteiger partial charge in [0, 0.05) is 13.1 Å². The van der Waals surface area contributed by atoms with Crippen molar-refractivity contribution in [2.24, 2.45) is 0 Å². The maximum atomic E-state index is 12.5. The number of methoxy groups -OCH3 is 1. The molecule has 1 saturated heterocycles. The van der Waals surface area contributed by atoms with E-state index < -0.39 is 0 Å². The average Bonchev–Trinajstić information content (AvgIpc) is 3.08. The summed E-state index contributed by atoms with van der Waals surface area (Å²) in [5.41, 5.74) is 0.840. The Labute approximate surface area is 151 Å². The van der Waals surface area contributed by atoms with Gasteiger partial charge in [0.1, 0.15) is 5.75 Å². The van der Waals surface area contributed by atoms with E-state index in [9.17, 15) is 4.79 Å². The van der Waals surface area contributed by atoms with Crippen molar-refractivity contribution in [1.29, 1.82) is 0 Å². The van der Waals surface area contributed by atoms with E-state index in [0.29, 0.717) is 10.9 Å². The third-order valence-corrected chi connectivity index (χ3v) is 5.20. The molecular formula is C17H23N5O2S. The normalized spacial score (nSPS) is 15.5. The predicted molar refractivity (Wildman–Crippen MR) is 96.1 cm³/mol. The van der Waals surface area contributed by atoms with Crippen LogP contribution in [-0.2, 0) is 4.79 Å². The summed E-state index contributed by atoms with van der Waals surface area (Å²) in [7, 11) is 1.63. The molecule has 0 spiro atoms. The molecule has 8 heteroatoms. The van der Waals surface area contributed by atoms with Crippen LogP contribution in [0.15, 0.2) is 29.4 Å². The van der Waals surface area contributed by atoms with Crippen molar-refractivity contribution in [3.8, 4) is 11.4 Å². The zero-order valence-corrected chi connectivity index (χ0v) is 15.2. The first-order valence-corrected chi connectivity index (χ1v) is 9.60. The van der Waals surface area contributed by atoms with Gasteiger partial charge in [-0.15, -0.1) is 5.10 Å². The van der Waals surface area contributed by atoms with Crippen LogP contribution in [0.3, 0.4) is 0 Å². The van der Waals surface area contributed by atoms with Crippen molar-refractivity contribution in [2.45, 2.75) is 37.3 Å². The van der Waals surface area contributed by atoms with Gasteiger partial charge in [0.25, 0.3) is 0 Å². The zero-order valence-electron chi connectivity index (χ0n) is 14.4. The molecule has 0 atom stereocenters. The quantitative estimate of drug-likeness (QED) is 0.762. The van der Waals surface area contributed by atoms with Crippen molar-refractivity contribution < 1.29 is 9.53 Å². The fourth-order valence-corrected chi connectivity index (χ4v) is 3.66. The zero-order chi connectivity index (χ0) is 17.5. The van der Waals surface area contributed by atoms with E-state index in [1.807, 2.05) is 29.2 Å². The number of hydrogen-bond donors (Lipinski definition) is 0. The van der Waals surface area contributed by atoms with Crippen LogP contribution in [0.1, 0.15) is 32.1 Å². The van der Waals surface area contributed by atoms with Crippen molar-refractivity contribution in [3.05, 3.63) is 24.3 Å². The molecule has 1 aromatic carbocycles. The van der Waals surface area contributed by atoms with Crippen LogP contribution >= 0.6 is 11.8 Å². The summed E-state index contributed by atoms with van der Waals surface area (Å²) in [6.07, 6.45) is 5.91. The van der Waals surface area contributed by atoms with E-state index >= 15 is 0 Å². The number of amides is 1. The van der Waals surface area contributed by atoms with Crippen LogP contribution in [0, 0.1) is 0 Å². The molecule has 25 heavy (non-hydrogen) atoms. The summed E-state index contributed by atoms with van der Waals surface area (Å²) in [6.45, 7) is 1.73. The predicted octanol–water partition coefficient (Wildman–Crippen LogP) is 2.56. The van der Waals surface area contributed by atoms with E-state index in [1.54, 1.807) is 11.8 Å². The molecule has 2 aromatic rings. The maximum absolute atomic E-state index is 12.5. The van der Waals surface area contributed by atoms with Crippen LogP contribution < -0.4 is 4.74 Å². The molecule has 0 unspecified atom stereocenters. The molecule has 2 heterocycles. The summed E-state index contributed by atoms with van der Waals surface area (Å²) in [5.74, 6) is 1.30. The highest BCUT2D eigenvalue weighted by atomic mass is 32.2. The smallest absolute Gasteiger partial charge is 0.233 e. The molecule has 1 amide bonds. The molecule has 1 aliphatic heterocycles. The molecule has 0 saturated carbocycles. The van der Waals surface area contributed by atoms with Gasteiger partial charge in [-0.3, -0.25) is 4.79 Å². The van der Waals surface area contributed by atoms with E-state index in [4.69, 9.17) is 4.74 Å². The number of likely N-dealkylation sites (tertiary alicyclic amines) is 1. The lowest BCUT2D eigenvalue weighted by atomic mass is 10.1. The number of aromatic nitrogens is 4. The van der Waals surface area contributed by atoms with Crippen LogP contribution in [0.5, 0.6) is 5.75 Å². The molecule has 0 N–H and O–H groups in total. The molecule has 1 aromatic heterocycles. The first-order valence-electron chi connectivity index (χ1n) is 8.61. The molecule has 134 valence electrons. The summed E-state index contributed by atoms with van der Waals surface area (Å²) >= 11 is 1.38. The van der Waals surface area contributed by atoms with Gasteiger partial charge in [-0.05, 0) is 47.5 Å². The number of tetrazole rings is 1. The van der Waals surface area contributed by atoms with Crippen molar-refractivity contribution in [2.75, 3.05) is 26.0 Å². The standard InChI is InChI=1S/C17H23N5O2S/c1-24-15-9-7-14(8-10-15)22-17(18-19-20-22)25-13-16(23)21-11-5-3-2-4-6-12-21/h7-10H,2-6,11-13H2,1H3. The second-order valence-corrected chi connectivity index (χ2v) is 6.95. The molecule has 0 aliphatic carbocycles. The van der Waals surface area contributed by atoms with Gasteiger partial charge in [0.15, 0.2) is 0 Å². The molecular weight excluding hydrogens is 338 g/mol. The minimum atomic E-state index is 0.163. The Morgan fingerprint density at radius 2 is 1.80 bits per heavy atom. The highest BCUT2D eigenvalue weighted by Gasteiger charge is 2.17. The van der Waals surface area contributed by atoms with E-state index in [-0.39, 0.29) is 5.91 Å². The third-order valence-electron chi connectivity index (χ3n) is 4.29. The molecule has 0 radical (unpaired) electrons. The average molecular weight is 361 g/mol. The summed E-state index contributed by atoms with van der Waals surface area (Å²) in [4.78, 5) is 14.5. The first kappa shape index (κ1) is 17.7. The number of ether oxygens (including phenoxy) is 1. The number of benzene rings is 1. The van der Waals surface area contributed by atoms with Gasteiger partial charge >= 0.3 is 0 Å². The Balaban J connectivity index is 1.61. The Hall–Kier alpha value is -2.09. The van der Waals surface area contributed by atoms with E-state index in [2.05, 4.69) is 15.5 Å². The minimum Gasteiger partial charge on any atom is -0.497 e. The lowest BCUT2D eigenvalue weighted by Crippen LogP contribution is -2.35. The molecule has 0 bridgehead atoms. The van der Waals surface area contributed by atoms with Crippen molar-refractivity contribution >= 4 is 17.7 Å². The SMILES string of the molecule is COc1ccc(-n2nnnc2SCC(=O)N2CCCCCCC2)cc1. The largest absolute Gasteiger partial charge is 0.497 e. The van der Waals surface area contributed by atoms with Crippen LogP contribution in [0.25, 0.3) is 5.69 Å². The lowest BCUT2D eigenvalue weighted by molar-refractivity contribution is -0.128. The Morgan fingerprint density at radius 1 is 1.12 bits per heavy atom. The van der Waals surface area contributed by atoms with Gasteiger partial charge in [-0.25, -0.2) is 0 Å². The number of rotatable bonds is 5. The van der Waals surface area contributed by atoms with Gasteiger partial charge in [-0.1, -0.05) is 31.0 Å². The monoisotopic (exact) mass is 361 g/mol. The van der Waals surface area contributed by atoms with Crippen molar-refractivity contribution in [1.82, 2.24) is 25.1 Å². The third kappa shape index (κ3) is 4.72. The van der Waals surface area contributed by atoms with Gasteiger partial charge in [0.2, 0.25) is 11.1 Å². The van der Waals surface area contributed by atoms with E-state index in [1.165, 1.54) is 31.0 Å². The Kier molecular flexibility index (Phi) is 6.27. The van der Waals surface area contributed by atoms with Crippen LogP contribution in [0.4, 0.5) is 0 Å². The van der Waals surface area contributed by atoms with E-state index in [0.717, 1.165) is 37.4 Å². The number of carbonyl (C=O) groups is 1. The number of thioether (sulfide) groups is 1. The summed E-state index contributed by atoms with van der Waals surface area (Å²) in [5, 5.41) is 12.4. The number of carbonyl (C=O) groups excluding carboxylic acids is 1. The minimum absolute atomic E-state index is 0.163. The number of hydrogen-bond acceptors (Lipinski definition) is 6. The molecule has 1 aliphatic rings. The molecule has 3 rings (SSSR count). The molecule has 7 nitrogen and oxygen atoms in total. The maximum Gasteiger partial charge on any atom is 0.233 e. The van der Waals surface area contributed by atoms with Crippen molar-refractivity contribution in [3.63, 3.8) is 0 Å². The topological polar surface area (TPSA) is 73.1 Å². The second kappa shape index (κ2) is 8.84. The highest BCUT2D eigenvalue weighted by molar-refractivity contribution is 7.99. The lowest BCUT2D eigenvalue weighted by Gasteiger charge is -2.24. The van der Waals surface area contributed by atoms with Gasteiger partial charge in [-0.2, -0.15) is 4.68 Å². The Bertz CT molecular complexity index is 681. The van der Waals surface area contributed by atoms with Crippen LogP contribution in [0.2, 0.25) is 0 Å². The Morgan fingerprint density at radius 3 is 2.48 bits per heavy atom. The fourth-order valence-electron chi connectivity index (χ4n) is 2.87. The molecule has 1 fully saturated rings. The van der Waals surface area contributed by atoms with Crippen LogP contribution in [-0.4, -0.2) is 57.0 Å². The fraction of sp³-hybridized carbons (Fsp3) is 0.529. The highest BCUT2D eigenvalue weighted by Crippen LogP contribution is 2.21. The van der Waals surface area contributed by atoms with Gasteiger partial charge in [0.05, 0.1) is 18.6 Å².